The standard InChI is InChI=1S/C60H114O6/c1-4-7-10-13-16-19-22-25-27-29-30-31-32-34-35-38-41-44-47-50-53-59(62)65-56-57(55-64-58(61)52-49-46-43-40-37-24-21-18-15-12-9-6-3)66-60(63)54-51-48-45-42-39-36-33-28-26-23-20-17-14-11-8-5-2/h28,33,57H,4-27,29-32,34-56H2,1-3H3/b33-28-. The lowest BCUT2D eigenvalue weighted by molar-refractivity contribution is -0.167. The molecule has 6 nitrogen and oxygen atoms in total. The molecule has 0 bridgehead atoms. The molecule has 0 aliphatic heterocycles. The molecule has 0 aliphatic rings. The van der Waals surface area contributed by atoms with Crippen LogP contribution in [0.3, 0.4) is 0 Å². The van der Waals surface area contributed by atoms with Gasteiger partial charge in [0.05, 0.1) is 0 Å². The average molecular weight is 932 g/mol. The van der Waals surface area contributed by atoms with Gasteiger partial charge in [0.2, 0.25) is 0 Å². The SMILES string of the molecule is CCCCCCCCC/C=C\CCCCCCCC(=O)OC(COC(=O)CCCCCCCCCCCCCC)COC(=O)CCCCCCCCCCCCCCCCCCCCCC. The van der Waals surface area contributed by atoms with Gasteiger partial charge in [-0.15, -0.1) is 0 Å². The summed E-state index contributed by atoms with van der Waals surface area (Å²) in [5, 5.41) is 0. The van der Waals surface area contributed by atoms with Crippen LogP contribution < -0.4 is 0 Å². The van der Waals surface area contributed by atoms with Crippen molar-refractivity contribution >= 4 is 17.9 Å². The Morgan fingerprint density at radius 1 is 0.288 bits per heavy atom. The van der Waals surface area contributed by atoms with E-state index < -0.39 is 6.10 Å². The summed E-state index contributed by atoms with van der Waals surface area (Å²) in [5.41, 5.74) is 0. The molecule has 0 aliphatic carbocycles. The maximum atomic E-state index is 12.8. The van der Waals surface area contributed by atoms with Crippen LogP contribution in [-0.4, -0.2) is 37.2 Å². The predicted molar refractivity (Wildman–Crippen MR) is 284 cm³/mol. The first-order chi connectivity index (χ1) is 32.5. The Morgan fingerprint density at radius 3 is 0.758 bits per heavy atom. The van der Waals surface area contributed by atoms with Crippen LogP contribution in [0.5, 0.6) is 0 Å². The fourth-order valence-corrected chi connectivity index (χ4v) is 9.03. The van der Waals surface area contributed by atoms with Gasteiger partial charge in [-0.2, -0.15) is 0 Å². The normalized spacial score (nSPS) is 12.0. The first-order valence-electron chi connectivity index (χ1n) is 29.7. The molecule has 0 aromatic carbocycles. The van der Waals surface area contributed by atoms with Crippen LogP contribution >= 0.6 is 0 Å². The monoisotopic (exact) mass is 931 g/mol. The number of allylic oxidation sites excluding steroid dienone is 2. The molecule has 0 N–H and O–H groups in total. The van der Waals surface area contributed by atoms with Gasteiger partial charge in [-0.25, -0.2) is 0 Å². The van der Waals surface area contributed by atoms with Crippen molar-refractivity contribution in [2.24, 2.45) is 0 Å². The van der Waals surface area contributed by atoms with Crippen molar-refractivity contribution in [3.8, 4) is 0 Å². The summed E-state index contributed by atoms with van der Waals surface area (Å²) in [6, 6.07) is 0. The van der Waals surface area contributed by atoms with E-state index in [4.69, 9.17) is 14.2 Å². The molecule has 0 heterocycles. The summed E-state index contributed by atoms with van der Waals surface area (Å²) in [4.78, 5) is 38.1. The van der Waals surface area contributed by atoms with E-state index in [-0.39, 0.29) is 31.1 Å². The van der Waals surface area contributed by atoms with Gasteiger partial charge in [0.1, 0.15) is 13.2 Å². The molecule has 0 saturated carbocycles. The molecule has 1 unspecified atom stereocenters. The van der Waals surface area contributed by atoms with E-state index in [9.17, 15) is 14.4 Å². The molecule has 0 aromatic heterocycles. The van der Waals surface area contributed by atoms with Gasteiger partial charge in [-0.3, -0.25) is 14.4 Å². The first-order valence-corrected chi connectivity index (χ1v) is 29.7. The second-order valence-corrected chi connectivity index (χ2v) is 20.3. The quantitative estimate of drug-likeness (QED) is 0.0262. The second kappa shape index (κ2) is 55.7. The van der Waals surface area contributed by atoms with Gasteiger partial charge in [-0.1, -0.05) is 283 Å². The molecule has 0 radical (unpaired) electrons. The minimum atomic E-state index is -0.768. The van der Waals surface area contributed by atoms with Crippen LogP contribution in [0.2, 0.25) is 0 Å². The van der Waals surface area contributed by atoms with E-state index in [1.807, 2.05) is 0 Å². The highest BCUT2D eigenvalue weighted by atomic mass is 16.6. The molecule has 0 saturated heterocycles. The Morgan fingerprint density at radius 2 is 0.500 bits per heavy atom. The lowest BCUT2D eigenvalue weighted by Gasteiger charge is -2.18. The zero-order valence-electron chi connectivity index (χ0n) is 44.7. The van der Waals surface area contributed by atoms with Crippen LogP contribution in [0.15, 0.2) is 12.2 Å². The van der Waals surface area contributed by atoms with E-state index in [1.165, 1.54) is 231 Å². The molecule has 390 valence electrons. The first kappa shape index (κ1) is 64.2. The number of carbonyl (C=O) groups excluding carboxylic acids is 3. The summed E-state index contributed by atoms with van der Waals surface area (Å²) >= 11 is 0. The molecule has 0 fully saturated rings. The van der Waals surface area contributed by atoms with Crippen LogP contribution in [0.4, 0.5) is 0 Å². The van der Waals surface area contributed by atoms with Gasteiger partial charge >= 0.3 is 17.9 Å². The summed E-state index contributed by atoms with van der Waals surface area (Å²) < 4.78 is 16.9. The van der Waals surface area contributed by atoms with Crippen molar-refractivity contribution in [1.29, 1.82) is 0 Å². The highest BCUT2D eigenvalue weighted by Crippen LogP contribution is 2.17. The minimum absolute atomic E-state index is 0.0673. The molecule has 6 heteroatoms. The molecule has 66 heavy (non-hydrogen) atoms. The third-order valence-corrected chi connectivity index (χ3v) is 13.5. The lowest BCUT2D eigenvalue weighted by atomic mass is 10.0. The Bertz CT molecular complexity index is 1020. The van der Waals surface area contributed by atoms with Gasteiger partial charge in [0.25, 0.3) is 0 Å². The van der Waals surface area contributed by atoms with E-state index in [0.717, 1.165) is 64.2 Å². The van der Waals surface area contributed by atoms with Crippen molar-refractivity contribution in [3.63, 3.8) is 0 Å². The number of hydrogen-bond acceptors (Lipinski definition) is 6. The maximum Gasteiger partial charge on any atom is 0.306 e. The molecule has 0 aromatic rings. The zero-order valence-corrected chi connectivity index (χ0v) is 44.7. The number of esters is 3. The molecule has 0 amide bonds. The Labute approximate surface area is 411 Å². The predicted octanol–water partition coefficient (Wildman–Crippen LogP) is 19.7. The van der Waals surface area contributed by atoms with Crippen molar-refractivity contribution < 1.29 is 28.6 Å². The largest absolute Gasteiger partial charge is 0.462 e. The van der Waals surface area contributed by atoms with Gasteiger partial charge in [0.15, 0.2) is 6.10 Å². The minimum Gasteiger partial charge on any atom is -0.462 e. The molecule has 0 rings (SSSR count). The third kappa shape index (κ3) is 53.1. The van der Waals surface area contributed by atoms with Gasteiger partial charge in [-0.05, 0) is 44.9 Å². The summed E-state index contributed by atoms with van der Waals surface area (Å²) in [5.74, 6) is -0.851. The molecule has 1 atom stereocenters. The van der Waals surface area contributed by atoms with E-state index in [1.54, 1.807) is 0 Å². The number of unbranched alkanes of at least 4 members (excludes halogenated alkanes) is 42. The average Bonchev–Trinajstić information content (AvgIpc) is 3.31. The van der Waals surface area contributed by atoms with Gasteiger partial charge < -0.3 is 14.2 Å². The fraction of sp³-hybridized carbons (Fsp3) is 0.917. The van der Waals surface area contributed by atoms with Crippen LogP contribution in [0, 0.1) is 0 Å². The van der Waals surface area contributed by atoms with Crippen molar-refractivity contribution in [2.45, 2.75) is 341 Å². The molecule has 0 spiro atoms. The van der Waals surface area contributed by atoms with Crippen LogP contribution in [0.1, 0.15) is 335 Å². The smallest absolute Gasteiger partial charge is 0.306 e. The van der Waals surface area contributed by atoms with E-state index in [0.29, 0.717) is 19.3 Å². The maximum absolute atomic E-state index is 12.8. The number of hydrogen-bond donors (Lipinski definition) is 0. The fourth-order valence-electron chi connectivity index (χ4n) is 9.03. The molecular formula is C60H114O6. The highest BCUT2D eigenvalue weighted by molar-refractivity contribution is 5.71. The number of carbonyl (C=O) groups is 3. The second-order valence-electron chi connectivity index (χ2n) is 20.3. The zero-order chi connectivity index (χ0) is 47.9. The van der Waals surface area contributed by atoms with Gasteiger partial charge in [0, 0.05) is 19.3 Å². The van der Waals surface area contributed by atoms with Crippen molar-refractivity contribution in [1.82, 2.24) is 0 Å². The van der Waals surface area contributed by atoms with Crippen molar-refractivity contribution in [3.05, 3.63) is 12.2 Å². The summed E-state index contributed by atoms with van der Waals surface area (Å²) in [7, 11) is 0. The lowest BCUT2D eigenvalue weighted by Crippen LogP contribution is -2.30. The summed E-state index contributed by atoms with van der Waals surface area (Å²) in [6.07, 6.45) is 63.5. The van der Waals surface area contributed by atoms with E-state index >= 15 is 0 Å². The number of rotatable bonds is 55. The Balaban J connectivity index is 4.27. The Kier molecular flexibility index (Phi) is 54.2. The Hall–Kier alpha value is -1.85. The van der Waals surface area contributed by atoms with Crippen LogP contribution in [0.25, 0.3) is 0 Å². The van der Waals surface area contributed by atoms with E-state index in [2.05, 4.69) is 32.9 Å². The molecular weight excluding hydrogens is 817 g/mol. The third-order valence-electron chi connectivity index (χ3n) is 13.5. The van der Waals surface area contributed by atoms with Crippen LogP contribution in [-0.2, 0) is 28.6 Å². The topological polar surface area (TPSA) is 78.9 Å². The number of ether oxygens (including phenoxy) is 3. The summed E-state index contributed by atoms with van der Waals surface area (Å²) in [6.45, 7) is 6.69. The van der Waals surface area contributed by atoms with Crippen molar-refractivity contribution in [2.75, 3.05) is 13.2 Å². The highest BCUT2D eigenvalue weighted by Gasteiger charge is 2.19.